The molecule has 5 heteroatoms. The van der Waals surface area contributed by atoms with Crippen LogP contribution in [-0.4, -0.2) is 6.36 Å². The predicted octanol–water partition coefficient (Wildman–Crippen LogP) is 2.52. The van der Waals surface area contributed by atoms with Crippen LogP contribution in [0.5, 0.6) is 5.75 Å². The Kier molecular flexibility index (Phi) is 2.21. The number of hydrogen-bond donors (Lipinski definition) is 0. The highest BCUT2D eigenvalue weighted by atomic mass is 19.4. The Labute approximate surface area is 65.6 Å². The normalized spacial score (nSPS) is 11.3. The number of hydrogen-bond acceptors (Lipinski definition) is 1. The van der Waals surface area contributed by atoms with E-state index in [1.165, 1.54) is 0 Å². The van der Waals surface area contributed by atoms with Crippen molar-refractivity contribution in [2.75, 3.05) is 0 Å². The number of rotatable bonds is 1. The topological polar surface area (TPSA) is 9.23 Å². The van der Waals surface area contributed by atoms with Gasteiger partial charge in [-0.05, 0) is 18.2 Å². The summed E-state index contributed by atoms with van der Waals surface area (Å²) in [5, 5.41) is 0. The Bertz CT molecular complexity index is 268. The maximum absolute atomic E-state index is 12.5. The zero-order valence-corrected chi connectivity index (χ0v) is 5.65. The summed E-state index contributed by atoms with van der Waals surface area (Å²) in [6.07, 6.45) is -4.86. The molecule has 0 N–H and O–H groups in total. The Morgan fingerprint density at radius 2 is 2.00 bits per heavy atom. The van der Waals surface area contributed by atoms with Gasteiger partial charge in [-0.25, -0.2) is 4.39 Å². The summed E-state index contributed by atoms with van der Waals surface area (Å²) in [4.78, 5) is 0. The van der Waals surface area contributed by atoms with E-state index < -0.39 is 17.9 Å². The lowest BCUT2D eigenvalue weighted by molar-refractivity contribution is -0.275. The van der Waals surface area contributed by atoms with E-state index in [0.717, 1.165) is 18.2 Å². The molecule has 0 aromatic heterocycles. The van der Waals surface area contributed by atoms with Crippen LogP contribution in [0.15, 0.2) is 18.2 Å². The highest BCUT2D eigenvalue weighted by Gasteiger charge is 2.32. The van der Waals surface area contributed by atoms with E-state index in [-0.39, 0.29) is 0 Å². The van der Waals surface area contributed by atoms with Crippen molar-refractivity contribution >= 4 is 0 Å². The zero-order valence-electron chi connectivity index (χ0n) is 5.65. The van der Waals surface area contributed by atoms with Crippen molar-refractivity contribution in [3.63, 3.8) is 0 Å². The molecule has 0 atom stereocenters. The fraction of sp³-hybridized carbons (Fsp3) is 0.143. The molecule has 65 valence electrons. The van der Waals surface area contributed by atoms with Gasteiger partial charge < -0.3 is 4.74 Å². The van der Waals surface area contributed by atoms with Gasteiger partial charge in [0.25, 0.3) is 0 Å². The Balaban J connectivity index is 2.83. The first-order valence-electron chi connectivity index (χ1n) is 2.90. The van der Waals surface area contributed by atoms with Crippen LogP contribution >= 0.6 is 0 Å². The SMILES string of the molecule is Fc1c[c]ccc1OC(F)(F)F. The average Bonchev–Trinajstić information content (AvgIpc) is 1.91. The average molecular weight is 179 g/mol. The van der Waals surface area contributed by atoms with Gasteiger partial charge in [-0.15, -0.1) is 13.2 Å². The van der Waals surface area contributed by atoms with E-state index in [9.17, 15) is 17.6 Å². The van der Waals surface area contributed by atoms with Crippen LogP contribution in [0.1, 0.15) is 0 Å². The number of ether oxygens (including phenoxy) is 1. The second-order valence-corrected chi connectivity index (χ2v) is 1.90. The minimum absolute atomic E-state index is 0.765. The lowest BCUT2D eigenvalue weighted by atomic mass is 10.3. The zero-order chi connectivity index (χ0) is 9.19. The van der Waals surface area contributed by atoms with Gasteiger partial charge in [0.05, 0.1) is 0 Å². The smallest absolute Gasteiger partial charge is 0.403 e. The van der Waals surface area contributed by atoms with Crippen LogP contribution in [0, 0.1) is 11.9 Å². The van der Waals surface area contributed by atoms with Crippen molar-refractivity contribution in [1.29, 1.82) is 0 Å². The van der Waals surface area contributed by atoms with E-state index in [4.69, 9.17) is 0 Å². The molecule has 0 spiro atoms. The molecule has 0 aliphatic heterocycles. The fourth-order valence-corrected chi connectivity index (χ4v) is 0.603. The summed E-state index contributed by atoms with van der Waals surface area (Å²) in [6.45, 7) is 0. The summed E-state index contributed by atoms with van der Waals surface area (Å²) in [5.41, 5.74) is 0. The van der Waals surface area contributed by atoms with Crippen LogP contribution in [0.2, 0.25) is 0 Å². The van der Waals surface area contributed by atoms with Crippen molar-refractivity contribution in [2.45, 2.75) is 6.36 Å². The first kappa shape index (κ1) is 8.83. The molecule has 0 saturated carbocycles. The van der Waals surface area contributed by atoms with E-state index in [2.05, 4.69) is 10.8 Å². The van der Waals surface area contributed by atoms with Gasteiger partial charge >= 0.3 is 6.36 Å². The van der Waals surface area contributed by atoms with Crippen molar-refractivity contribution < 1.29 is 22.3 Å². The molecule has 0 heterocycles. The quantitative estimate of drug-likeness (QED) is 0.602. The Morgan fingerprint density at radius 1 is 1.33 bits per heavy atom. The molecule has 0 fully saturated rings. The molecular weight excluding hydrogens is 176 g/mol. The van der Waals surface area contributed by atoms with Crippen LogP contribution in [0.3, 0.4) is 0 Å². The van der Waals surface area contributed by atoms with Gasteiger partial charge in [0.1, 0.15) is 0 Å². The van der Waals surface area contributed by atoms with E-state index in [1.54, 1.807) is 0 Å². The maximum Gasteiger partial charge on any atom is 0.573 e. The van der Waals surface area contributed by atoms with Gasteiger partial charge in [0.2, 0.25) is 0 Å². The van der Waals surface area contributed by atoms with Crippen molar-refractivity contribution in [1.82, 2.24) is 0 Å². The number of benzene rings is 1. The van der Waals surface area contributed by atoms with Crippen LogP contribution in [-0.2, 0) is 0 Å². The number of alkyl halides is 3. The van der Waals surface area contributed by atoms with Crippen LogP contribution < -0.4 is 4.74 Å². The van der Waals surface area contributed by atoms with E-state index in [0.29, 0.717) is 0 Å². The summed E-state index contributed by atoms with van der Waals surface area (Å²) in [7, 11) is 0. The van der Waals surface area contributed by atoms with Gasteiger partial charge in [-0.3, -0.25) is 0 Å². The van der Waals surface area contributed by atoms with E-state index in [1.807, 2.05) is 0 Å². The minimum atomic E-state index is -4.86. The summed E-state index contributed by atoms with van der Waals surface area (Å²) in [6, 6.07) is 5.01. The lowest BCUT2D eigenvalue weighted by Crippen LogP contribution is -2.17. The van der Waals surface area contributed by atoms with Gasteiger partial charge in [-0.2, -0.15) is 0 Å². The van der Waals surface area contributed by atoms with Crippen molar-refractivity contribution in [3.05, 3.63) is 30.1 Å². The maximum atomic E-state index is 12.5. The van der Waals surface area contributed by atoms with Crippen LogP contribution in [0.25, 0.3) is 0 Å². The van der Waals surface area contributed by atoms with Crippen molar-refractivity contribution in [2.24, 2.45) is 0 Å². The van der Waals surface area contributed by atoms with Crippen molar-refractivity contribution in [3.8, 4) is 5.75 Å². The Hall–Kier alpha value is -1.26. The van der Waals surface area contributed by atoms with Gasteiger partial charge in [-0.1, -0.05) is 6.07 Å². The van der Waals surface area contributed by atoms with E-state index >= 15 is 0 Å². The molecule has 0 aliphatic rings. The summed E-state index contributed by atoms with van der Waals surface area (Å²) >= 11 is 0. The second kappa shape index (κ2) is 3.00. The fourth-order valence-electron chi connectivity index (χ4n) is 0.603. The molecule has 12 heavy (non-hydrogen) atoms. The molecule has 0 bridgehead atoms. The van der Waals surface area contributed by atoms with Crippen LogP contribution in [0.4, 0.5) is 17.6 Å². The lowest BCUT2D eigenvalue weighted by Gasteiger charge is -2.08. The standard InChI is InChI=1S/C7H3F4O/c8-5-3-1-2-4-6(5)12-7(9,10)11/h2-4H. The molecule has 1 aromatic rings. The molecule has 1 rings (SSSR count). The number of halogens is 4. The summed E-state index contributed by atoms with van der Waals surface area (Å²) < 4.78 is 50.4. The first-order chi connectivity index (χ1) is 5.49. The molecule has 0 unspecified atom stereocenters. The first-order valence-corrected chi connectivity index (χ1v) is 2.90. The molecule has 1 radical (unpaired) electrons. The van der Waals surface area contributed by atoms with Gasteiger partial charge in [0.15, 0.2) is 11.6 Å². The molecule has 1 aromatic carbocycles. The largest absolute Gasteiger partial charge is 0.573 e. The third kappa shape index (κ3) is 2.41. The second-order valence-electron chi connectivity index (χ2n) is 1.90. The highest BCUT2D eigenvalue weighted by molar-refractivity contribution is 5.23. The highest BCUT2D eigenvalue weighted by Crippen LogP contribution is 2.24. The molecule has 0 amide bonds. The monoisotopic (exact) mass is 179 g/mol. The molecular formula is C7H3F4O. The molecule has 0 aliphatic carbocycles. The van der Waals surface area contributed by atoms with Gasteiger partial charge in [0, 0.05) is 0 Å². The third-order valence-electron chi connectivity index (χ3n) is 1.00. The molecule has 1 nitrogen and oxygen atoms in total. The Morgan fingerprint density at radius 3 is 2.50 bits per heavy atom. The third-order valence-corrected chi connectivity index (χ3v) is 1.00. The summed E-state index contributed by atoms with van der Waals surface area (Å²) in [5.74, 6) is -1.93. The minimum Gasteiger partial charge on any atom is -0.403 e. The predicted molar refractivity (Wildman–Crippen MR) is 31.9 cm³/mol. The molecule has 0 saturated heterocycles.